The van der Waals surface area contributed by atoms with Gasteiger partial charge in [0.2, 0.25) is 0 Å². The third-order valence-electron chi connectivity index (χ3n) is 2.90. The predicted molar refractivity (Wildman–Crippen MR) is 75.8 cm³/mol. The molecule has 92 valence electrons. The predicted octanol–water partition coefficient (Wildman–Crippen LogP) is 4.83. The highest BCUT2D eigenvalue weighted by Crippen LogP contribution is 2.35. The maximum atomic E-state index is 6.19. The number of hydrogen-bond donors (Lipinski definition) is 1. The Labute approximate surface area is 114 Å². The maximum Gasteiger partial charge on any atom is 0.153 e. The van der Waals surface area contributed by atoms with Gasteiger partial charge in [-0.05, 0) is 32.5 Å². The molecule has 0 saturated heterocycles. The minimum absolute atomic E-state index is 0.197. The van der Waals surface area contributed by atoms with Crippen molar-refractivity contribution in [3.63, 3.8) is 0 Å². The van der Waals surface area contributed by atoms with Crippen LogP contribution in [0.1, 0.15) is 31.2 Å². The molecular weight excluding hydrogens is 302 g/mol. The van der Waals surface area contributed by atoms with Crippen LogP contribution in [0.4, 0.5) is 0 Å². The zero-order chi connectivity index (χ0) is 12.6. The van der Waals surface area contributed by atoms with Gasteiger partial charge in [0, 0.05) is 15.4 Å². The molecule has 1 atom stereocenters. The van der Waals surface area contributed by atoms with Crippen LogP contribution < -0.4 is 5.32 Å². The van der Waals surface area contributed by atoms with Crippen LogP contribution >= 0.6 is 27.5 Å². The maximum absolute atomic E-state index is 6.19. The van der Waals surface area contributed by atoms with Crippen LogP contribution in [0.3, 0.4) is 0 Å². The summed E-state index contributed by atoms with van der Waals surface area (Å²) in [6.45, 7) is 7.15. The fraction of sp³-hybridized carbons (Fsp3) is 0.385. The van der Waals surface area contributed by atoms with Crippen LogP contribution in [-0.4, -0.2) is 6.54 Å². The molecule has 0 aliphatic rings. The van der Waals surface area contributed by atoms with Gasteiger partial charge in [-0.15, -0.1) is 0 Å². The molecule has 4 heteroatoms. The zero-order valence-corrected chi connectivity index (χ0v) is 12.4. The lowest BCUT2D eigenvalue weighted by atomic mass is 10.1. The molecule has 1 heterocycles. The van der Waals surface area contributed by atoms with E-state index in [2.05, 4.69) is 42.0 Å². The van der Waals surface area contributed by atoms with Crippen molar-refractivity contribution in [3.05, 3.63) is 33.0 Å². The second-order valence-corrected chi connectivity index (χ2v) is 5.46. The molecule has 17 heavy (non-hydrogen) atoms. The lowest BCUT2D eigenvalue weighted by molar-refractivity contribution is 0.456. The van der Waals surface area contributed by atoms with E-state index in [-0.39, 0.29) is 6.04 Å². The fourth-order valence-corrected chi connectivity index (χ4v) is 2.92. The fourth-order valence-electron chi connectivity index (χ4n) is 2.07. The number of nitrogens with one attached hydrogen (secondary N) is 1. The Kier molecular flexibility index (Phi) is 3.81. The molecule has 2 nitrogen and oxygen atoms in total. The first-order valence-electron chi connectivity index (χ1n) is 5.66. The summed E-state index contributed by atoms with van der Waals surface area (Å²) >= 11 is 9.64. The van der Waals surface area contributed by atoms with E-state index in [9.17, 15) is 0 Å². The smallest absolute Gasteiger partial charge is 0.153 e. The highest BCUT2D eigenvalue weighted by molar-refractivity contribution is 9.10. The third kappa shape index (κ3) is 2.37. The minimum Gasteiger partial charge on any atom is -0.458 e. The van der Waals surface area contributed by atoms with Crippen LogP contribution in [0.5, 0.6) is 0 Å². The van der Waals surface area contributed by atoms with Crippen molar-refractivity contribution >= 4 is 38.5 Å². The quantitative estimate of drug-likeness (QED) is 0.877. The molecule has 1 aromatic carbocycles. The van der Waals surface area contributed by atoms with Crippen molar-refractivity contribution in [1.29, 1.82) is 0 Å². The van der Waals surface area contributed by atoms with Crippen LogP contribution in [0.15, 0.2) is 21.0 Å². The molecule has 1 aromatic heterocycles. The summed E-state index contributed by atoms with van der Waals surface area (Å²) in [5.74, 6) is 0.960. The first-order valence-corrected chi connectivity index (χ1v) is 6.83. The first kappa shape index (κ1) is 12.9. The molecular formula is C13H15BrClNO. The molecule has 0 spiro atoms. The van der Waals surface area contributed by atoms with E-state index in [4.69, 9.17) is 16.0 Å². The van der Waals surface area contributed by atoms with Gasteiger partial charge in [0.25, 0.3) is 0 Å². The highest BCUT2D eigenvalue weighted by Gasteiger charge is 2.17. The standard InChI is InChI=1S/C13H15BrClNO/c1-4-16-8(3)12-7(2)10-5-9(14)6-11(15)13(10)17-12/h5-6,8,16H,4H2,1-3H3. The van der Waals surface area contributed by atoms with E-state index in [0.29, 0.717) is 5.02 Å². The molecule has 0 amide bonds. The van der Waals surface area contributed by atoms with Crippen molar-refractivity contribution in [1.82, 2.24) is 5.32 Å². The van der Waals surface area contributed by atoms with Gasteiger partial charge in [0.1, 0.15) is 5.76 Å². The molecule has 0 aliphatic heterocycles. The Morgan fingerprint density at radius 3 is 2.82 bits per heavy atom. The van der Waals surface area contributed by atoms with E-state index in [1.807, 2.05) is 12.1 Å². The summed E-state index contributed by atoms with van der Waals surface area (Å²) < 4.78 is 6.86. The summed E-state index contributed by atoms with van der Waals surface area (Å²) in [6.07, 6.45) is 0. The van der Waals surface area contributed by atoms with Crippen LogP contribution in [0, 0.1) is 6.92 Å². The average Bonchev–Trinajstić information content (AvgIpc) is 2.57. The normalized spacial score (nSPS) is 13.2. The van der Waals surface area contributed by atoms with Gasteiger partial charge < -0.3 is 9.73 Å². The van der Waals surface area contributed by atoms with Crippen molar-refractivity contribution < 1.29 is 4.42 Å². The van der Waals surface area contributed by atoms with Crippen molar-refractivity contribution in [2.75, 3.05) is 6.54 Å². The second-order valence-electron chi connectivity index (χ2n) is 4.13. The molecule has 0 aliphatic carbocycles. The lowest BCUT2D eigenvalue weighted by Crippen LogP contribution is -2.17. The van der Waals surface area contributed by atoms with Gasteiger partial charge in [-0.1, -0.05) is 34.5 Å². The van der Waals surface area contributed by atoms with E-state index in [0.717, 1.165) is 33.3 Å². The molecule has 0 saturated carbocycles. The highest BCUT2D eigenvalue weighted by atomic mass is 79.9. The summed E-state index contributed by atoms with van der Waals surface area (Å²) in [5.41, 5.74) is 1.92. The van der Waals surface area contributed by atoms with Crippen molar-refractivity contribution in [2.45, 2.75) is 26.8 Å². The Morgan fingerprint density at radius 1 is 1.47 bits per heavy atom. The molecule has 2 aromatic rings. The number of halogens is 2. The number of rotatable bonds is 3. The molecule has 1 unspecified atom stereocenters. The van der Waals surface area contributed by atoms with Gasteiger partial charge >= 0.3 is 0 Å². The van der Waals surface area contributed by atoms with Gasteiger partial charge in [0.05, 0.1) is 11.1 Å². The monoisotopic (exact) mass is 315 g/mol. The van der Waals surface area contributed by atoms with Gasteiger partial charge in [-0.3, -0.25) is 0 Å². The van der Waals surface area contributed by atoms with E-state index < -0.39 is 0 Å². The van der Waals surface area contributed by atoms with E-state index in [1.165, 1.54) is 0 Å². The molecule has 0 fully saturated rings. The van der Waals surface area contributed by atoms with Crippen LogP contribution in [0.25, 0.3) is 11.0 Å². The minimum atomic E-state index is 0.197. The summed E-state index contributed by atoms with van der Waals surface area (Å²) in [4.78, 5) is 0. The van der Waals surface area contributed by atoms with Gasteiger partial charge in [0.15, 0.2) is 5.58 Å². The van der Waals surface area contributed by atoms with Crippen LogP contribution in [-0.2, 0) is 0 Å². The molecule has 0 bridgehead atoms. The van der Waals surface area contributed by atoms with E-state index in [1.54, 1.807) is 0 Å². The second kappa shape index (κ2) is 5.01. The Hall–Kier alpha value is -0.510. The van der Waals surface area contributed by atoms with E-state index >= 15 is 0 Å². The topological polar surface area (TPSA) is 25.2 Å². The molecule has 0 radical (unpaired) electrons. The number of fused-ring (bicyclic) bond motifs is 1. The van der Waals surface area contributed by atoms with Gasteiger partial charge in [-0.25, -0.2) is 0 Å². The van der Waals surface area contributed by atoms with Crippen molar-refractivity contribution in [3.8, 4) is 0 Å². The molecule has 1 N–H and O–H groups in total. The first-order chi connectivity index (χ1) is 8.04. The number of benzene rings is 1. The van der Waals surface area contributed by atoms with Gasteiger partial charge in [-0.2, -0.15) is 0 Å². The summed E-state index contributed by atoms with van der Waals surface area (Å²) in [5, 5.41) is 5.07. The average molecular weight is 317 g/mol. The Balaban J connectivity index is 2.60. The SMILES string of the molecule is CCNC(C)c1oc2c(Cl)cc(Br)cc2c1C. The largest absolute Gasteiger partial charge is 0.458 e. The number of aryl methyl sites for hydroxylation is 1. The molecule has 2 rings (SSSR count). The third-order valence-corrected chi connectivity index (χ3v) is 3.64. The number of hydrogen-bond acceptors (Lipinski definition) is 2. The summed E-state index contributed by atoms with van der Waals surface area (Å²) in [7, 11) is 0. The Morgan fingerprint density at radius 2 is 2.18 bits per heavy atom. The Bertz CT molecular complexity index is 550. The summed E-state index contributed by atoms with van der Waals surface area (Å²) in [6, 6.07) is 4.10. The zero-order valence-electron chi connectivity index (χ0n) is 10.1. The van der Waals surface area contributed by atoms with Crippen LogP contribution in [0.2, 0.25) is 5.02 Å². The number of furan rings is 1. The van der Waals surface area contributed by atoms with Crippen molar-refractivity contribution in [2.24, 2.45) is 0 Å². The lowest BCUT2D eigenvalue weighted by Gasteiger charge is -2.09.